The Balaban J connectivity index is 1.56. The monoisotopic (exact) mass is 411 g/mol. The molecule has 1 aromatic carbocycles. The molecule has 2 heterocycles. The van der Waals surface area contributed by atoms with Gasteiger partial charge in [0, 0.05) is 11.9 Å². The summed E-state index contributed by atoms with van der Waals surface area (Å²) in [5, 5.41) is 5.90. The average Bonchev–Trinajstić information content (AvgIpc) is 3.05. The van der Waals surface area contributed by atoms with Crippen molar-refractivity contribution in [1.29, 1.82) is 0 Å². The summed E-state index contributed by atoms with van der Waals surface area (Å²) in [7, 11) is 1.56. The lowest BCUT2D eigenvalue weighted by molar-refractivity contribution is -0.116. The number of hydrogen-bond acceptors (Lipinski definition) is 5. The van der Waals surface area contributed by atoms with E-state index < -0.39 is 17.7 Å². The van der Waals surface area contributed by atoms with Crippen LogP contribution in [0.3, 0.4) is 0 Å². The van der Waals surface area contributed by atoms with E-state index in [4.69, 9.17) is 0 Å². The second-order valence-corrected chi connectivity index (χ2v) is 8.24. The number of benzene rings is 1. The Morgan fingerprint density at radius 3 is 2.34 bits per heavy atom. The molecule has 2 aromatic rings. The van der Waals surface area contributed by atoms with Crippen molar-refractivity contribution in [3.8, 4) is 0 Å². The summed E-state index contributed by atoms with van der Waals surface area (Å²) in [6.45, 7) is -0.387. The van der Waals surface area contributed by atoms with Gasteiger partial charge in [-0.3, -0.25) is 24.1 Å². The van der Waals surface area contributed by atoms with Crippen molar-refractivity contribution in [2.75, 3.05) is 18.9 Å². The molecule has 150 valence electrons. The normalized spacial score (nSPS) is 15.6. The van der Waals surface area contributed by atoms with E-state index in [2.05, 4.69) is 10.6 Å². The number of imide groups is 1. The van der Waals surface area contributed by atoms with Gasteiger partial charge in [-0.2, -0.15) is 0 Å². The van der Waals surface area contributed by atoms with Crippen LogP contribution < -0.4 is 10.6 Å². The number of aryl methyl sites for hydroxylation is 1. The van der Waals surface area contributed by atoms with E-state index in [1.807, 2.05) is 0 Å². The Morgan fingerprint density at radius 2 is 1.69 bits per heavy atom. The van der Waals surface area contributed by atoms with E-state index in [1.165, 1.54) is 11.3 Å². The van der Waals surface area contributed by atoms with Crippen LogP contribution in [0.15, 0.2) is 24.3 Å². The minimum absolute atomic E-state index is 0.236. The molecule has 1 aliphatic carbocycles. The molecule has 0 bridgehead atoms. The molecule has 0 spiro atoms. The first kappa shape index (κ1) is 19.3. The summed E-state index contributed by atoms with van der Waals surface area (Å²) >= 11 is 1.41. The Morgan fingerprint density at radius 1 is 1.03 bits per heavy atom. The first-order valence-corrected chi connectivity index (χ1v) is 10.4. The molecule has 1 aromatic heterocycles. The first-order valence-electron chi connectivity index (χ1n) is 9.63. The smallest absolute Gasteiger partial charge is 0.262 e. The van der Waals surface area contributed by atoms with Crippen molar-refractivity contribution in [3.05, 3.63) is 51.4 Å². The number of nitrogens with one attached hydrogen (secondary N) is 2. The van der Waals surface area contributed by atoms with Gasteiger partial charge < -0.3 is 10.6 Å². The van der Waals surface area contributed by atoms with E-state index >= 15 is 0 Å². The molecule has 0 saturated heterocycles. The molecule has 0 saturated carbocycles. The van der Waals surface area contributed by atoms with Crippen LogP contribution in [0.2, 0.25) is 0 Å². The molecule has 0 unspecified atom stereocenters. The molecule has 0 fully saturated rings. The van der Waals surface area contributed by atoms with Crippen LogP contribution >= 0.6 is 11.3 Å². The SMILES string of the molecule is CNC(=O)c1c(NC(=O)CN2C(=O)c3ccccc3C2=O)sc2c1CCCCC2. The van der Waals surface area contributed by atoms with Gasteiger partial charge in [0.15, 0.2) is 0 Å². The van der Waals surface area contributed by atoms with Crippen molar-refractivity contribution >= 4 is 40.0 Å². The number of amides is 4. The Bertz CT molecular complexity index is 992. The summed E-state index contributed by atoms with van der Waals surface area (Å²) in [6.07, 6.45) is 4.89. The van der Waals surface area contributed by atoms with Gasteiger partial charge >= 0.3 is 0 Å². The molecule has 0 atom stereocenters. The lowest BCUT2D eigenvalue weighted by atomic mass is 10.0. The number of thiophene rings is 1. The number of rotatable bonds is 4. The zero-order chi connectivity index (χ0) is 20.5. The average molecular weight is 411 g/mol. The largest absolute Gasteiger partial charge is 0.355 e. The maximum absolute atomic E-state index is 12.7. The molecular weight excluding hydrogens is 390 g/mol. The summed E-state index contributed by atoms with van der Waals surface area (Å²) in [5.74, 6) is -1.69. The Hall–Kier alpha value is -3.00. The van der Waals surface area contributed by atoms with Crippen LogP contribution in [0, 0.1) is 0 Å². The number of fused-ring (bicyclic) bond motifs is 2. The highest BCUT2D eigenvalue weighted by Gasteiger charge is 2.36. The van der Waals surface area contributed by atoms with Gasteiger partial charge in [0.25, 0.3) is 17.7 Å². The quantitative estimate of drug-likeness (QED) is 0.597. The standard InChI is InChI=1S/C21H21N3O4S/c1-22-18(26)17-14-9-3-2-4-10-15(14)29-19(17)23-16(25)11-24-20(27)12-7-5-6-8-13(12)21(24)28/h5-8H,2-4,9-11H2,1H3,(H,22,26)(H,23,25). The van der Waals surface area contributed by atoms with Gasteiger partial charge in [0.2, 0.25) is 5.91 Å². The maximum Gasteiger partial charge on any atom is 0.262 e. The Labute approximate surface area is 172 Å². The second kappa shape index (κ2) is 7.79. The first-order chi connectivity index (χ1) is 14.0. The number of hydrogen-bond donors (Lipinski definition) is 2. The molecule has 8 heteroatoms. The van der Waals surface area contributed by atoms with Crippen LogP contribution in [0.5, 0.6) is 0 Å². The summed E-state index contributed by atoms with van der Waals surface area (Å²) in [4.78, 5) is 52.2. The molecule has 7 nitrogen and oxygen atoms in total. The molecule has 0 radical (unpaired) electrons. The van der Waals surface area contributed by atoms with Gasteiger partial charge in [-0.15, -0.1) is 11.3 Å². The molecule has 4 rings (SSSR count). The number of carbonyl (C=O) groups excluding carboxylic acids is 4. The van der Waals surface area contributed by atoms with Crippen molar-refractivity contribution in [1.82, 2.24) is 10.2 Å². The highest BCUT2D eigenvalue weighted by Crippen LogP contribution is 2.37. The van der Waals surface area contributed by atoms with Gasteiger partial charge in [-0.05, 0) is 43.4 Å². The lowest BCUT2D eigenvalue weighted by Crippen LogP contribution is -2.37. The molecule has 29 heavy (non-hydrogen) atoms. The van der Waals surface area contributed by atoms with Gasteiger partial charge in [0.1, 0.15) is 11.5 Å². The molecule has 4 amide bonds. The van der Waals surface area contributed by atoms with Crippen LogP contribution in [0.1, 0.15) is 60.8 Å². The zero-order valence-corrected chi connectivity index (χ0v) is 16.9. The number of nitrogens with zero attached hydrogens (tertiary/aromatic N) is 1. The van der Waals surface area contributed by atoms with Crippen molar-refractivity contribution in [2.45, 2.75) is 32.1 Å². The van der Waals surface area contributed by atoms with E-state index in [0.717, 1.165) is 47.4 Å². The second-order valence-electron chi connectivity index (χ2n) is 7.14. The molecule has 1 aliphatic heterocycles. The number of anilines is 1. The van der Waals surface area contributed by atoms with Crippen molar-refractivity contribution in [2.24, 2.45) is 0 Å². The van der Waals surface area contributed by atoms with Crippen LogP contribution in [-0.2, 0) is 17.6 Å². The highest BCUT2D eigenvalue weighted by atomic mass is 32.1. The fourth-order valence-electron chi connectivity index (χ4n) is 3.89. The maximum atomic E-state index is 12.7. The summed E-state index contributed by atoms with van der Waals surface area (Å²) in [5.41, 5.74) is 2.12. The van der Waals surface area contributed by atoms with Crippen LogP contribution in [0.25, 0.3) is 0 Å². The molecular formula is C21H21N3O4S. The van der Waals surface area contributed by atoms with Gasteiger partial charge in [-0.1, -0.05) is 18.6 Å². The summed E-state index contributed by atoms with van der Waals surface area (Å²) < 4.78 is 0. The predicted molar refractivity (Wildman–Crippen MR) is 109 cm³/mol. The zero-order valence-electron chi connectivity index (χ0n) is 16.0. The molecule has 2 aliphatic rings. The highest BCUT2D eigenvalue weighted by molar-refractivity contribution is 7.17. The third kappa shape index (κ3) is 3.44. The van der Waals surface area contributed by atoms with E-state index in [9.17, 15) is 19.2 Å². The minimum Gasteiger partial charge on any atom is -0.355 e. The van der Waals surface area contributed by atoms with Gasteiger partial charge in [-0.25, -0.2) is 0 Å². The van der Waals surface area contributed by atoms with Crippen molar-refractivity contribution in [3.63, 3.8) is 0 Å². The molecule has 2 N–H and O–H groups in total. The van der Waals surface area contributed by atoms with E-state index in [1.54, 1.807) is 31.3 Å². The third-order valence-electron chi connectivity index (χ3n) is 5.31. The third-order valence-corrected chi connectivity index (χ3v) is 6.52. The minimum atomic E-state index is -0.499. The fourth-order valence-corrected chi connectivity index (χ4v) is 5.19. The topological polar surface area (TPSA) is 95.6 Å². The predicted octanol–water partition coefficient (Wildman–Crippen LogP) is 2.61. The lowest BCUT2D eigenvalue weighted by Gasteiger charge is -2.14. The van der Waals surface area contributed by atoms with E-state index in [-0.39, 0.29) is 12.5 Å². The fraction of sp³-hybridized carbons (Fsp3) is 0.333. The summed E-state index contributed by atoms with van der Waals surface area (Å²) in [6, 6.07) is 6.52. The van der Waals surface area contributed by atoms with Crippen LogP contribution in [-0.4, -0.2) is 42.1 Å². The van der Waals surface area contributed by atoms with Gasteiger partial charge in [0.05, 0.1) is 16.7 Å². The van der Waals surface area contributed by atoms with E-state index in [0.29, 0.717) is 21.7 Å². The van der Waals surface area contributed by atoms with Crippen molar-refractivity contribution < 1.29 is 19.2 Å². The number of carbonyl (C=O) groups is 4. The van der Waals surface area contributed by atoms with Crippen LogP contribution in [0.4, 0.5) is 5.00 Å². The Kier molecular flexibility index (Phi) is 5.19.